The predicted octanol–water partition coefficient (Wildman–Crippen LogP) is 4.38. The number of anilines is 1. The summed E-state index contributed by atoms with van der Waals surface area (Å²) in [4.78, 5) is 53.2. The van der Waals surface area contributed by atoms with Crippen molar-refractivity contribution >= 4 is 52.3 Å². The van der Waals surface area contributed by atoms with Gasteiger partial charge in [-0.3, -0.25) is 29.4 Å². The van der Waals surface area contributed by atoms with Gasteiger partial charge in [-0.2, -0.15) is 0 Å². The highest BCUT2D eigenvalue weighted by atomic mass is 35.5. The van der Waals surface area contributed by atoms with Crippen LogP contribution in [0.2, 0.25) is 10.0 Å². The number of rotatable bonds is 4. The van der Waals surface area contributed by atoms with E-state index in [-0.39, 0.29) is 28.0 Å². The number of hydrogen-bond donors (Lipinski definition) is 0. The number of nitro benzene ring substituents is 1. The lowest BCUT2D eigenvalue weighted by Gasteiger charge is -2.49. The molecular formula is C24H13Cl2N3O7. The van der Waals surface area contributed by atoms with E-state index in [0.29, 0.717) is 22.7 Å². The fraction of sp³-hybridized carbons (Fsp3) is 0.125. The van der Waals surface area contributed by atoms with Crippen LogP contribution in [0.3, 0.4) is 0 Å². The Morgan fingerprint density at radius 3 is 2.31 bits per heavy atom. The number of carbonyl (C=O) groups is 3. The molecule has 36 heavy (non-hydrogen) atoms. The Kier molecular flexibility index (Phi) is 4.92. The third-order valence-electron chi connectivity index (χ3n) is 6.33. The minimum Gasteiger partial charge on any atom is -0.454 e. The summed E-state index contributed by atoms with van der Waals surface area (Å²) in [6, 6.07) is 11.3. The van der Waals surface area contributed by atoms with Gasteiger partial charge in [0.2, 0.25) is 6.79 Å². The smallest absolute Gasteiger partial charge is 0.282 e. The lowest BCUT2D eigenvalue weighted by Crippen LogP contribution is -2.67. The standard InChI is InChI=1S/C24H13Cl2N3O7/c25-12-7-13(26)9-14(8-12)27-20(11-4-5-17-18(6-11)36-10-35-17)21(24(27)32)28-22(30)15-2-1-3-16(29(33)34)19(15)23(28)31/h1-9,20-21H,10H2/t20-,21-/m1/s1. The van der Waals surface area contributed by atoms with Crippen LogP contribution in [0.15, 0.2) is 54.6 Å². The van der Waals surface area contributed by atoms with E-state index < -0.39 is 40.4 Å². The first-order valence-corrected chi connectivity index (χ1v) is 11.4. The zero-order chi connectivity index (χ0) is 25.3. The maximum Gasteiger partial charge on any atom is 0.282 e. The van der Waals surface area contributed by atoms with Gasteiger partial charge in [0, 0.05) is 21.8 Å². The Bertz CT molecular complexity index is 1510. The van der Waals surface area contributed by atoms with Crippen LogP contribution in [-0.2, 0) is 4.79 Å². The second-order valence-electron chi connectivity index (χ2n) is 8.28. The van der Waals surface area contributed by atoms with Gasteiger partial charge < -0.3 is 14.4 Å². The number of amides is 3. The number of hydrogen-bond acceptors (Lipinski definition) is 7. The molecule has 3 aliphatic rings. The van der Waals surface area contributed by atoms with Gasteiger partial charge in [-0.25, -0.2) is 0 Å². The van der Waals surface area contributed by atoms with E-state index in [4.69, 9.17) is 32.7 Å². The van der Waals surface area contributed by atoms with Crippen molar-refractivity contribution in [2.24, 2.45) is 0 Å². The van der Waals surface area contributed by atoms with Crippen LogP contribution in [0.4, 0.5) is 11.4 Å². The first-order chi connectivity index (χ1) is 17.3. The topological polar surface area (TPSA) is 119 Å². The van der Waals surface area contributed by atoms with Gasteiger partial charge in [-0.15, -0.1) is 0 Å². The SMILES string of the molecule is O=C1c2cccc([N+](=O)[O-])c2C(=O)N1[C@H]1C(=O)N(c2cc(Cl)cc(Cl)c2)[C@@H]1c1ccc2c(c1)OCO2. The van der Waals surface area contributed by atoms with E-state index in [1.807, 2.05) is 0 Å². The minimum atomic E-state index is -1.27. The molecule has 3 heterocycles. The number of nitrogens with zero attached hydrogens (tertiary/aromatic N) is 3. The molecule has 3 aliphatic heterocycles. The summed E-state index contributed by atoms with van der Waals surface area (Å²) in [5.74, 6) is -1.32. The molecule has 0 N–H and O–H groups in total. The van der Waals surface area contributed by atoms with Crippen LogP contribution in [0.25, 0.3) is 0 Å². The average Bonchev–Trinajstić information content (AvgIpc) is 3.40. The molecule has 0 spiro atoms. The summed E-state index contributed by atoms with van der Waals surface area (Å²) in [6.07, 6.45) is 0. The van der Waals surface area contributed by atoms with Crippen LogP contribution in [-0.4, -0.2) is 40.4 Å². The molecule has 3 aromatic carbocycles. The number of carbonyl (C=O) groups excluding carboxylic acids is 3. The second-order valence-corrected chi connectivity index (χ2v) is 9.15. The van der Waals surface area contributed by atoms with Crippen molar-refractivity contribution in [3.8, 4) is 11.5 Å². The molecule has 6 rings (SSSR count). The molecule has 180 valence electrons. The van der Waals surface area contributed by atoms with Crippen molar-refractivity contribution in [2.75, 3.05) is 11.7 Å². The van der Waals surface area contributed by atoms with Crippen molar-refractivity contribution < 1.29 is 28.8 Å². The van der Waals surface area contributed by atoms with Crippen molar-refractivity contribution in [1.82, 2.24) is 4.90 Å². The number of imide groups is 1. The molecule has 0 saturated carbocycles. The maximum absolute atomic E-state index is 13.6. The van der Waals surface area contributed by atoms with E-state index >= 15 is 0 Å². The first kappa shape index (κ1) is 22.3. The summed E-state index contributed by atoms with van der Waals surface area (Å²) in [5, 5.41) is 12.1. The number of ether oxygens (including phenoxy) is 2. The van der Waals surface area contributed by atoms with Crippen LogP contribution in [0.1, 0.15) is 32.3 Å². The lowest BCUT2D eigenvalue weighted by molar-refractivity contribution is -0.385. The first-order valence-electron chi connectivity index (χ1n) is 10.6. The third-order valence-corrected chi connectivity index (χ3v) is 6.77. The maximum atomic E-state index is 13.6. The van der Waals surface area contributed by atoms with Gasteiger partial charge in [0.05, 0.1) is 16.5 Å². The summed E-state index contributed by atoms with van der Waals surface area (Å²) < 4.78 is 10.8. The molecule has 0 bridgehead atoms. The number of nitro groups is 1. The normalized spacial score (nSPS) is 20.0. The summed E-state index contributed by atoms with van der Waals surface area (Å²) in [5.41, 5.74) is -0.0621. The number of benzene rings is 3. The molecule has 10 nitrogen and oxygen atoms in total. The van der Waals surface area contributed by atoms with Gasteiger partial charge >= 0.3 is 0 Å². The molecule has 1 saturated heterocycles. The highest BCUT2D eigenvalue weighted by Crippen LogP contribution is 2.47. The quantitative estimate of drug-likeness (QED) is 0.214. The Hall–Kier alpha value is -4.15. The number of halogens is 2. The zero-order valence-corrected chi connectivity index (χ0v) is 19.5. The highest BCUT2D eigenvalue weighted by Gasteiger charge is 2.58. The van der Waals surface area contributed by atoms with Gasteiger partial charge in [0.15, 0.2) is 11.5 Å². The Labute approximate surface area is 212 Å². The van der Waals surface area contributed by atoms with Crippen molar-refractivity contribution in [1.29, 1.82) is 0 Å². The highest BCUT2D eigenvalue weighted by molar-refractivity contribution is 6.35. The van der Waals surface area contributed by atoms with E-state index in [9.17, 15) is 24.5 Å². The van der Waals surface area contributed by atoms with Gasteiger partial charge in [0.1, 0.15) is 11.6 Å². The fourth-order valence-electron chi connectivity index (χ4n) is 4.81. The van der Waals surface area contributed by atoms with Gasteiger partial charge in [-0.05, 0) is 42.0 Å². The summed E-state index contributed by atoms with van der Waals surface area (Å²) in [7, 11) is 0. The zero-order valence-electron chi connectivity index (χ0n) is 18.0. The van der Waals surface area contributed by atoms with Crippen LogP contribution in [0, 0.1) is 10.1 Å². The molecule has 3 aromatic rings. The van der Waals surface area contributed by atoms with Crippen molar-refractivity contribution in [3.63, 3.8) is 0 Å². The molecule has 2 atom stereocenters. The van der Waals surface area contributed by atoms with Crippen molar-refractivity contribution in [2.45, 2.75) is 12.1 Å². The lowest BCUT2D eigenvalue weighted by atomic mass is 9.86. The van der Waals surface area contributed by atoms with Gasteiger partial charge in [0.25, 0.3) is 23.4 Å². The molecule has 12 heteroatoms. The van der Waals surface area contributed by atoms with Gasteiger partial charge in [-0.1, -0.05) is 35.3 Å². The van der Waals surface area contributed by atoms with Crippen molar-refractivity contribution in [3.05, 3.63) is 91.4 Å². The predicted molar refractivity (Wildman–Crippen MR) is 127 cm³/mol. The van der Waals surface area contributed by atoms with E-state index in [0.717, 1.165) is 11.0 Å². The summed E-state index contributed by atoms with van der Waals surface area (Å²) in [6.45, 7) is 0.0293. The average molecular weight is 526 g/mol. The number of fused-ring (bicyclic) bond motifs is 2. The van der Waals surface area contributed by atoms with E-state index in [1.165, 1.54) is 35.2 Å². The third kappa shape index (κ3) is 3.15. The van der Waals surface area contributed by atoms with Crippen LogP contribution < -0.4 is 14.4 Å². The minimum absolute atomic E-state index is 0.0293. The molecule has 1 fully saturated rings. The largest absolute Gasteiger partial charge is 0.454 e. The van der Waals surface area contributed by atoms with Crippen LogP contribution in [0.5, 0.6) is 11.5 Å². The Morgan fingerprint density at radius 1 is 0.861 bits per heavy atom. The fourth-order valence-corrected chi connectivity index (χ4v) is 5.32. The molecule has 3 amide bonds. The Morgan fingerprint density at radius 2 is 1.58 bits per heavy atom. The summed E-state index contributed by atoms with van der Waals surface area (Å²) >= 11 is 12.3. The van der Waals surface area contributed by atoms with E-state index in [1.54, 1.807) is 18.2 Å². The van der Waals surface area contributed by atoms with Crippen LogP contribution >= 0.6 is 23.2 Å². The number of β-lactam (4-membered cyclic amide) rings is 1. The monoisotopic (exact) mass is 525 g/mol. The van der Waals surface area contributed by atoms with E-state index in [2.05, 4.69) is 0 Å². The Balaban J connectivity index is 1.47. The molecule has 0 radical (unpaired) electrons. The molecule has 0 aliphatic carbocycles. The molecular weight excluding hydrogens is 513 g/mol. The molecule has 0 aromatic heterocycles. The second kappa shape index (κ2) is 7.94. The molecule has 0 unspecified atom stereocenters.